The molecule has 0 spiro atoms. The van der Waals surface area contributed by atoms with Crippen molar-refractivity contribution >= 4 is 16.9 Å². The number of para-hydroxylation sites is 2. The molecule has 0 unspecified atom stereocenters. The summed E-state index contributed by atoms with van der Waals surface area (Å²) in [4.78, 5) is 22.5. The van der Waals surface area contributed by atoms with Crippen LogP contribution in [0.15, 0.2) is 36.7 Å². The first-order valence-electron chi connectivity index (χ1n) is 8.42. The van der Waals surface area contributed by atoms with E-state index < -0.39 is 0 Å². The van der Waals surface area contributed by atoms with Crippen molar-refractivity contribution in [2.24, 2.45) is 7.05 Å². The number of H-pyrrole nitrogens is 1. The number of benzene rings is 1. The summed E-state index contributed by atoms with van der Waals surface area (Å²) in [5.74, 6) is 1.07. The number of nitrogens with zero attached hydrogens (tertiary/aromatic N) is 4. The highest BCUT2D eigenvalue weighted by molar-refractivity contribution is 5.78. The second kappa shape index (κ2) is 6.11. The topological polar surface area (TPSA) is 66.8 Å². The fraction of sp³-hybridized carbons (Fsp3) is 0.389. The lowest BCUT2D eigenvalue weighted by Gasteiger charge is -2.23. The van der Waals surface area contributed by atoms with Crippen LogP contribution in [0.1, 0.15) is 36.7 Å². The van der Waals surface area contributed by atoms with Gasteiger partial charge in [-0.05, 0) is 25.0 Å². The smallest absolute Gasteiger partial charge is 0.223 e. The van der Waals surface area contributed by atoms with Crippen LogP contribution in [-0.4, -0.2) is 37.1 Å². The molecule has 1 atom stereocenters. The SMILES string of the molecule is Cn1cc([C@@H]2CCCN2C(=O)CCc2nc3ccccc3[nH]2)cn1. The maximum Gasteiger partial charge on any atom is 0.223 e. The normalized spacial score (nSPS) is 17.7. The van der Waals surface area contributed by atoms with Crippen LogP contribution < -0.4 is 0 Å². The highest BCUT2D eigenvalue weighted by Gasteiger charge is 2.30. The standard InChI is InChI=1S/C18H21N5O/c1-22-12-13(11-19-22)16-7-4-10-23(16)18(24)9-8-17-20-14-5-2-3-6-15(14)21-17/h2-3,5-6,11-12,16H,4,7-10H2,1H3,(H,20,21)/t16-/m0/s1. The molecule has 3 heterocycles. The first kappa shape index (κ1) is 14.9. The minimum atomic E-state index is 0.168. The molecule has 1 aliphatic heterocycles. The van der Waals surface area contributed by atoms with Crippen LogP contribution in [0.5, 0.6) is 0 Å². The van der Waals surface area contributed by atoms with Crippen molar-refractivity contribution in [2.45, 2.75) is 31.7 Å². The van der Waals surface area contributed by atoms with Gasteiger partial charge in [0.2, 0.25) is 5.91 Å². The molecule has 3 aromatic rings. The Balaban J connectivity index is 1.43. The predicted octanol–water partition coefficient (Wildman–Crippen LogP) is 2.59. The molecule has 1 aromatic carbocycles. The molecule has 1 amide bonds. The van der Waals surface area contributed by atoms with Crippen molar-refractivity contribution in [2.75, 3.05) is 6.54 Å². The first-order valence-corrected chi connectivity index (χ1v) is 8.42. The van der Waals surface area contributed by atoms with E-state index in [2.05, 4.69) is 15.1 Å². The number of hydrogen-bond acceptors (Lipinski definition) is 3. The molecule has 4 rings (SSSR count). The number of aromatic nitrogens is 4. The van der Waals surface area contributed by atoms with Gasteiger partial charge in [0.05, 0.1) is 23.3 Å². The van der Waals surface area contributed by atoms with Crippen molar-refractivity contribution in [1.82, 2.24) is 24.6 Å². The molecule has 1 aliphatic rings. The van der Waals surface area contributed by atoms with Gasteiger partial charge in [0.1, 0.15) is 5.82 Å². The van der Waals surface area contributed by atoms with Crippen LogP contribution in [0.25, 0.3) is 11.0 Å². The molecular formula is C18H21N5O. The summed E-state index contributed by atoms with van der Waals surface area (Å²) in [6, 6.07) is 8.11. The number of aryl methyl sites for hydroxylation is 2. The van der Waals surface area contributed by atoms with Gasteiger partial charge in [-0.15, -0.1) is 0 Å². The molecule has 1 fully saturated rings. The highest BCUT2D eigenvalue weighted by atomic mass is 16.2. The fourth-order valence-corrected chi connectivity index (χ4v) is 3.52. The Morgan fingerprint density at radius 3 is 3.04 bits per heavy atom. The van der Waals surface area contributed by atoms with E-state index in [-0.39, 0.29) is 11.9 Å². The molecule has 6 heteroatoms. The molecule has 0 aliphatic carbocycles. The zero-order valence-corrected chi connectivity index (χ0v) is 13.8. The Morgan fingerprint density at radius 1 is 1.38 bits per heavy atom. The molecule has 0 bridgehead atoms. The number of aromatic amines is 1. The van der Waals surface area contributed by atoms with Gasteiger partial charge in [0.25, 0.3) is 0 Å². The fourth-order valence-electron chi connectivity index (χ4n) is 3.52. The molecular weight excluding hydrogens is 302 g/mol. The minimum Gasteiger partial charge on any atom is -0.342 e. The van der Waals surface area contributed by atoms with Crippen LogP contribution in [0, 0.1) is 0 Å². The van der Waals surface area contributed by atoms with Crippen LogP contribution in [0.2, 0.25) is 0 Å². The van der Waals surface area contributed by atoms with Gasteiger partial charge in [-0.25, -0.2) is 4.98 Å². The number of nitrogens with one attached hydrogen (secondary N) is 1. The van der Waals surface area contributed by atoms with E-state index in [0.717, 1.165) is 41.8 Å². The van der Waals surface area contributed by atoms with Gasteiger partial charge in [0.15, 0.2) is 0 Å². The molecule has 124 valence electrons. The van der Waals surface area contributed by atoms with E-state index in [0.29, 0.717) is 12.8 Å². The third-order valence-electron chi connectivity index (χ3n) is 4.70. The summed E-state index contributed by atoms with van der Waals surface area (Å²) in [5.41, 5.74) is 3.11. The zero-order valence-electron chi connectivity index (χ0n) is 13.8. The lowest BCUT2D eigenvalue weighted by Crippen LogP contribution is -2.30. The Morgan fingerprint density at radius 2 is 2.25 bits per heavy atom. The average molecular weight is 323 g/mol. The van der Waals surface area contributed by atoms with E-state index in [1.54, 1.807) is 4.68 Å². The quantitative estimate of drug-likeness (QED) is 0.802. The second-order valence-corrected chi connectivity index (χ2v) is 6.39. The van der Waals surface area contributed by atoms with E-state index in [1.807, 2.05) is 48.6 Å². The van der Waals surface area contributed by atoms with Crippen molar-refractivity contribution in [1.29, 1.82) is 0 Å². The minimum absolute atomic E-state index is 0.168. The summed E-state index contributed by atoms with van der Waals surface area (Å²) >= 11 is 0. The highest BCUT2D eigenvalue weighted by Crippen LogP contribution is 2.32. The number of fused-ring (bicyclic) bond motifs is 1. The molecule has 6 nitrogen and oxygen atoms in total. The lowest BCUT2D eigenvalue weighted by molar-refractivity contribution is -0.132. The maximum atomic E-state index is 12.7. The maximum absolute atomic E-state index is 12.7. The summed E-state index contributed by atoms with van der Waals surface area (Å²) in [7, 11) is 1.91. The number of carbonyl (C=O) groups is 1. The van der Waals surface area contributed by atoms with Gasteiger partial charge >= 0.3 is 0 Å². The van der Waals surface area contributed by atoms with Gasteiger partial charge in [-0.1, -0.05) is 12.1 Å². The Kier molecular flexibility index (Phi) is 3.80. The summed E-state index contributed by atoms with van der Waals surface area (Å²) in [6.45, 7) is 0.832. The average Bonchev–Trinajstić information content (AvgIpc) is 3.30. The van der Waals surface area contributed by atoms with Crippen LogP contribution in [-0.2, 0) is 18.3 Å². The van der Waals surface area contributed by atoms with Crippen molar-refractivity contribution < 1.29 is 4.79 Å². The Hall–Kier alpha value is -2.63. The van der Waals surface area contributed by atoms with Gasteiger partial charge in [-0.2, -0.15) is 5.10 Å². The molecule has 1 N–H and O–H groups in total. The largest absolute Gasteiger partial charge is 0.342 e. The van der Waals surface area contributed by atoms with E-state index in [1.165, 1.54) is 0 Å². The molecule has 2 aromatic heterocycles. The third-order valence-corrected chi connectivity index (χ3v) is 4.70. The van der Waals surface area contributed by atoms with E-state index in [4.69, 9.17) is 0 Å². The third kappa shape index (κ3) is 2.79. The Labute approximate surface area is 140 Å². The predicted molar refractivity (Wildman–Crippen MR) is 91.3 cm³/mol. The van der Waals surface area contributed by atoms with Gasteiger partial charge in [0, 0.05) is 38.2 Å². The van der Waals surface area contributed by atoms with Crippen molar-refractivity contribution in [3.63, 3.8) is 0 Å². The molecule has 1 saturated heterocycles. The second-order valence-electron chi connectivity index (χ2n) is 6.39. The van der Waals surface area contributed by atoms with Crippen LogP contribution in [0.4, 0.5) is 0 Å². The Bertz CT molecular complexity index is 832. The van der Waals surface area contributed by atoms with Crippen molar-refractivity contribution in [3.8, 4) is 0 Å². The summed E-state index contributed by atoms with van der Waals surface area (Å²) in [5, 5.41) is 4.24. The first-order chi connectivity index (χ1) is 11.7. The molecule has 24 heavy (non-hydrogen) atoms. The number of likely N-dealkylation sites (tertiary alicyclic amines) is 1. The number of carbonyl (C=O) groups excluding carboxylic acids is 1. The number of rotatable bonds is 4. The molecule has 0 saturated carbocycles. The van der Waals surface area contributed by atoms with Crippen molar-refractivity contribution in [3.05, 3.63) is 48.0 Å². The number of hydrogen-bond donors (Lipinski definition) is 1. The van der Waals surface area contributed by atoms with E-state index >= 15 is 0 Å². The molecule has 0 radical (unpaired) electrons. The van der Waals surface area contributed by atoms with Crippen LogP contribution >= 0.6 is 0 Å². The van der Waals surface area contributed by atoms with Gasteiger partial charge in [-0.3, -0.25) is 9.48 Å². The number of amides is 1. The lowest BCUT2D eigenvalue weighted by atomic mass is 10.1. The summed E-state index contributed by atoms with van der Waals surface area (Å²) in [6.07, 6.45) is 7.07. The number of imidazole rings is 1. The van der Waals surface area contributed by atoms with E-state index in [9.17, 15) is 4.79 Å². The summed E-state index contributed by atoms with van der Waals surface area (Å²) < 4.78 is 1.80. The zero-order chi connectivity index (χ0) is 16.5. The monoisotopic (exact) mass is 323 g/mol. The van der Waals surface area contributed by atoms with Gasteiger partial charge < -0.3 is 9.88 Å². The van der Waals surface area contributed by atoms with Crippen LogP contribution in [0.3, 0.4) is 0 Å².